The molecule has 2 atom stereocenters. The molecule has 0 saturated heterocycles. The lowest BCUT2D eigenvalue weighted by Gasteiger charge is -2.19. The SMILES string of the molecule is COCC(C)Nc1nc(C)cn1C(C)c1cccnc1. The Bertz CT molecular complexity index is 538. The van der Waals surface area contributed by atoms with Crippen LogP contribution in [0.25, 0.3) is 0 Å². The van der Waals surface area contributed by atoms with E-state index in [1.165, 1.54) is 0 Å². The molecule has 0 amide bonds. The quantitative estimate of drug-likeness (QED) is 0.880. The number of nitrogens with one attached hydrogen (secondary N) is 1. The van der Waals surface area contributed by atoms with E-state index in [2.05, 4.69) is 46.0 Å². The van der Waals surface area contributed by atoms with Gasteiger partial charge in [0.15, 0.2) is 0 Å². The van der Waals surface area contributed by atoms with E-state index in [1.807, 2.05) is 19.2 Å². The molecule has 20 heavy (non-hydrogen) atoms. The van der Waals surface area contributed by atoms with Gasteiger partial charge in [-0.15, -0.1) is 0 Å². The lowest BCUT2D eigenvalue weighted by Crippen LogP contribution is -2.24. The molecule has 2 aromatic heterocycles. The standard InChI is InChI=1S/C15H22N4O/c1-11-9-19(13(3)14-6-5-7-16-8-14)15(17-11)18-12(2)10-20-4/h5-9,12-13H,10H2,1-4H3,(H,17,18). The van der Waals surface area contributed by atoms with Crippen LogP contribution in [0.4, 0.5) is 5.95 Å². The summed E-state index contributed by atoms with van der Waals surface area (Å²) in [5.41, 5.74) is 2.15. The summed E-state index contributed by atoms with van der Waals surface area (Å²) in [4.78, 5) is 8.74. The number of imidazole rings is 1. The minimum Gasteiger partial charge on any atom is -0.383 e. The van der Waals surface area contributed by atoms with Crippen molar-refractivity contribution in [3.05, 3.63) is 42.0 Å². The second-order valence-electron chi connectivity index (χ2n) is 5.08. The number of rotatable bonds is 6. The van der Waals surface area contributed by atoms with Crippen LogP contribution in [-0.2, 0) is 4.74 Å². The molecule has 0 saturated carbocycles. The molecule has 0 spiro atoms. The molecule has 2 rings (SSSR count). The Kier molecular flexibility index (Phi) is 4.74. The number of pyridine rings is 1. The number of anilines is 1. The number of ether oxygens (including phenoxy) is 1. The first-order chi connectivity index (χ1) is 9.61. The van der Waals surface area contributed by atoms with Crippen LogP contribution >= 0.6 is 0 Å². The summed E-state index contributed by atoms with van der Waals surface area (Å²) >= 11 is 0. The molecule has 5 heteroatoms. The van der Waals surface area contributed by atoms with Crippen LogP contribution in [-0.4, -0.2) is 34.3 Å². The van der Waals surface area contributed by atoms with Crippen LogP contribution in [0.1, 0.15) is 31.1 Å². The normalized spacial score (nSPS) is 14.0. The Balaban J connectivity index is 2.23. The predicted molar refractivity (Wildman–Crippen MR) is 80.0 cm³/mol. The molecule has 0 aromatic carbocycles. The molecule has 0 aliphatic heterocycles. The van der Waals surface area contributed by atoms with Crippen molar-refractivity contribution in [2.24, 2.45) is 0 Å². The van der Waals surface area contributed by atoms with Crippen LogP contribution in [0.2, 0.25) is 0 Å². The summed E-state index contributed by atoms with van der Waals surface area (Å²) in [7, 11) is 1.70. The zero-order valence-corrected chi connectivity index (χ0v) is 12.5. The first-order valence-electron chi connectivity index (χ1n) is 6.82. The third-order valence-corrected chi connectivity index (χ3v) is 3.23. The zero-order chi connectivity index (χ0) is 14.5. The van der Waals surface area contributed by atoms with E-state index < -0.39 is 0 Å². The molecule has 0 fully saturated rings. The second kappa shape index (κ2) is 6.52. The Morgan fingerprint density at radius 2 is 2.20 bits per heavy atom. The number of nitrogens with zero attached hydrogens (tertiary/aromatic N) is 3. The molecule has 0 aliphatic carbocycles. The molecule has 0 aliphatic rings. The number of aromatic nitrogens is 3. The average Bonchev–Trinajstić information content (AvgIpc) is 2.80. The van der Waals surface area contributed by atoms with Gasteiger partial charge in [-0.05, 0) is 32.4 Å². The summed E-state index contributed by atoms with van der Waals surface area (Å²) in [6, 6.07) is 4.43. The molecular weight excluding hydrogens is 252 g/mol. The zero-order valence-electron chi connectivity index (χ0n) is 12.5. The fourth-order valence-electron chi connectivity index (χ4n) is 2.21. The van der Waals surface area contributed by atoms with E-state index in [1.54, 1.807) is 13.3 Å². The van der Waals surface area contributed by atoms with Crippen molar-refractivity contribution in [1.82, 2.24) is 14.5 Å². The van der Waals surface area contributed by atoms with Gasteiger partial charge in [-0.1, -0.05) is 6.07 Å². The number of methoxy groups -OCH3 is 1. The third-order valence-electron chi connectivity index (χ3n) is 3.23. The third kappa shape index (κ3) is 3.36. The molecule has 5 nitrogen and oxygen atoms in total. The van der Waals surface area contributed by atoms with E-state index in [0.717, 1.165) is 17.2 Å². The van der Waals surface area contributed by atoms with Gasteiger partial charge in [-0.3, -0.25) is 4.98 Å². The van der Waals surface area contributed by atoms with Crippen molar-refractivity contribution in [3.8, 4) is 0 Å². The number of aryl methyl sites for hydroxylation is 1. The fraction of sp³-hybridized carbons (Fsp3) is 0.467. The topological polar surface area (TPSA) is 52.0 Å². The van der Waals surface area contributed by atoms with Crippen molar-refractivity contribution in [2.45, 2.75) is 32.9 Å². The first-order valence-corrected chi connectivity index (χ1v) is 6.82. The molecule has 0 radical (unpaired) electrons. The lowest BCUT2D eigenvalue weighted by molar-refractivity contribution is 0.190. The highest BCUT2D eigenvalue weighted by Gasteiger charge is 2.15. The molecule has 2 unspecified atom stereocenters. The summed E-state index contributed by atoms with van der Waals surface area (Å²) < 4.78 is 7.30. The van der Waals surface area contributed by atoms with E-state index >= 15 is 0 Å². The Labute approximate surface area is 120 Å². The van der Waals surface area contributed by atoms with Crippen LogP contribution in [0, 0.1) is 6.92 Å². The Hall–Kier alpha value is -1.88. The van der Waals surface area contributed by atoms with Gasteiger partial charge in [0.25, 0.3) is 0 Å². The summed E-state index contributed by atoms with van der Waals surface area (Å²) in [6.07, 6.45) is 5.73. The Morgan fingerprint density at radius 1 is 1.40 bits per heavy atom. The van der Waals surface area contributed by atoms with Crippen molar-refractivity contribution in [1.29, 1.82) is 0 Å². The second-order valence-corrected chi connectivity index (χ2v) is 5.08. The lowest BCUT2D eigenvalue weighted by atomic mass is 10.1. The smallest absolute Gasteiger partial charge is 0.203 e. The van der Waals surface area contributed by atoms with Gasteiger partial charge in [-0.2, -0.15) is 0 Å². The monoisotopic (exact) mass is 274 g/mol. The molecule has 108 valence electrons. The van der Waals surface area contributed by atoms with Gasteiger partial charge in [0.2, 0.25) is 5.95 Å². The van der Waals surface area contributed by atoms with E-state index in [9.17, 15) is 0 Å². The van der Waals surface area contributed by atoms with Crippen LogP contribution in [0.3, 0.4) is 0 Å². The van der Waals surface area contributed by atoms with Gasteiger partial charge < -0.3 is 14.6 Å². The minimum atomic E-state index is 0.183. The van der Waals surface area contributed by atoms with Crippen molar-refractivity contribution in [3.63, 3.8) is 0 Å². The van der Waals surface area contributed by atoms with Crippen LogP contribution in [0.15, 0.2) is 30.7 Å². The van der Waals surface area contributed by atoms with Crippen molar-refractivity contribution >= 4 is 5.95 Å². The summed E-state index contributed by atoms with van der Waals surface area (Å²) in [6.45, 7) is 6.86. The van der Waals surface area contributed by atoms with E-state index in [0.29, 0.717) is 6.61 Å². The van der Waals surface area contributed by atoms with Crippen LogP contribution < -0.4 is 5.32 Å². The van der Waals surface area contributed by atoms with Gasteiger partial charge in [0, 0.05) is 31.7 Å². The molecule has 0 bridgehead atoms. The minimum absolute atomic E-state index is 0.183. The fourth-order valence-corrected chi connectivity index (χ4v) is 2.21. The highest BCUT2D eigenvalue weighted by atomic mass is 16.5. The number of hydrogen-bond donors (Lipinski definition) is 1. The first kappa shape index (κ1) is 14.5. The number of hydrogen-bond acceptors (Lipinski definition) is 4. The van der Waals surface area contributed by atoms with Gasteiger partial charge in [-0.25, -0.2) is 4.98 Å². The van der Waals surface area contributed by atoms with Crippen molar-refractivity contribution in [2.75, 3.05) is 19.0 Å². The Morgan fingerprint density at radius 3 is 2.85 bits per heavy atom. The maximum Gasteiger partial charge on any atom is 0.203 e. The van der Waals surface area contributed by atoms with E-state index in [4.69, 9.17) is 4.74 Å². The molecule has 2 aromatic rings. The van der Waals surface area contributed by atoms with Gasteiger partial charge in [0.1, 0.15) is 0 Å². The van der Waals surface area contributed by atoms with Crippen molar-refractivity contribution < 1.29 is 4.74 Å². The maximum absolute atomic E-state index is 5.16. The predicted octanol–water partition coefficient (Wildman–Crippen LogP) is 2.64. The summed E-state index contributed by atoms with van der Waals surface area (Å²) in [5.74, 6) is 0.864. The summed E-state index contributed by atoms with van der Waals surface area (Å²) in [5, 5.41) is 3.39. The van der Waals surface area contributed by atoms with Gasteiger partial charge >= 0.3 is 0 Å². The molecular formula is C15H22N4O. The van der Waals surface area contributed by atoms with Gasteiger partial charge in [0.05, 0.1) is 18.3 Å². The largest absolute Gasteiger partial charge is 0.383 e. The maximum atomic E-state index is 5.16. The molecule has 1 N–H and O–H groups in total. The molecule has 2 heterocycles. The van der Waals surface area contributed by atoms with E-state index in [-0.39, 0.29) is 12.1 Å². The highest BCUT2D eigenvalue weighted by Crippen LogP contribution is 2.22. The average molecular weight is 274 g/mol. The van der Waals surface area contributed by atoms with Crippen LogP contribution in [0.5, 0.6) is 0 Å². The highest BCUT2D eigenvalue weighted by molar-refractivity contribution is 5.33.